The maximum absolute atomic E-state index is 12.8. The van der Waals surface area contributed by atoms with Gasteiger partial charge in [-0.2, -0.15) is 0 Å². The quantitative estimate of drug-likeness (QED) is 0.502. The molecular formula is C24H21N5O. The van der Waals surface area contributed by atoms with Crippen LogP contribution in [-0.2, 0) is 6.54 Å². The van der Waals surface area contributed by atoms with E-state index in [2.05, 4.69) is 25.6 Å². The van der Waals surface area contributed by atoms with Crippen LogP contribution in [0.1, 0.15) is 21.6 Å². The summed E-state index contributed by atoms with van der Waals surface area (Å²) in [4.78, 5) is 25.9. The number of aromatic nitrogens is 3. The second kappa shape index (κ2) is 8.96. The molecule has 0 unspecified atom stereocenters. The largest absolute Gasteiger partial charge is 0.347 e. The van der Waals surface area contributed by atoms with Crippen molar-refractivity contribution in [3.8, 4) is 11.4 Å². The normalized spacial score (nSPS) is 10.4. The Kier molecular flexibility index (Phi) is 5.75. The molecule has 0 saturated heterocycles. The highest BCUT2D eigenvalue weighted by Crippen LogP contribution is 2.21. The van der Waals surface area contributed by atoms with Crippen LogP contribution in [0, 0.1) is 6.92 Å². The zero-order valence-corrected chi connectivity index (χ0v) is 16.5. The van der Waals surface area contributed by atoms with Crippen molar-refractivity contribution in [1.29, 1.82) is 0 Å². The molecule has 2 heterocycles. The van der Waals surface area contributed by atoms with Gasteiger partial charge in [-0.15, -0.1) is 0 Å². The lowest BCUT2D eigenvalue weighted by Crippen LogP contribution is -2.24. The predicted molar refractivity (Wildman–Crippen MR) is 117 cm³/mol. The highest BCUT2D eigenvalue weighted by Gasteiger charge is 2.13. The Morgan fingerprint density at radius 2 is 1.70 bits per heavy atom. The van der Waals surface area contributed by atoms with E-state index in [4.69, 9.17) is 0 Å². The van der Waals surface area contributed by atoms with E-state index in [0.717, 1.165) is 22.4 Å². The first-order chi connectivity index (χ1) is 14.7. The molecule has 2 N–H and O–H groups in total. The standard InChI is InChI=1S/C24H21N5O/c1-17-6-5-9-20(14-17)27-22-15-21(24(30)26-16-18-10-12-25-13-11-18)28-23(29-22)19-7-3-2-4-8-19/h2-15H,16H2,1H3,(H,26,30)(H,27,28,29). The van der Waals surface area contributed by atoms with Gasteiger partial charge in [-0.3, -0.25) is 9.78 Å². The summed E-state index contributed by atoms with van der Waals surface area (Å²) in [5.74, 6) is 0.782. The fourth-order valence-corrected chi connectivity index (χ4v) is 2.99. The molecule has 6 heteroatoms. The van der Waals surface area contributed by atoms with Crippen LogP contribution >= 0.6 is 0 Å². The van der Waals surface area contributed by atoms with E-state index in [1.807, 2.05) is 73.7 Å². The Balaban J connectivity index is 1.63. The van der Waals surface area contributed by atoms with Gasteiger partial charge in [0, 0.05) is 36.3 Å². The topological polar surface area (TPSA) is 79.8 Å². The lowest BCUT2D eigenvalue weighted by Gasteiger charge is -2.11. The summed E-state index contributed by atoms with van der Waals surface area (Å²) < 4.78 is 0. The van der Waals surface area contributed by atoms with Crippen molar-refractivity contribution in [3.05, 3.63) is 102 Å². The summed E-state index contributed by atoms with van der Waals surface area (Å²) >= 11 is 0. The number of aryl methyl sites for hydroxylation is 1. The third-order valence-electron chi connectivity index (χ3n) is 4.48. The SMILES string of the molecule is Cc1cccc(Nc2cc(C(=O)NCc3ccncc3)nc(-c3ccccc3)n2)c1. The molecule has 0 aliphatic carbocycles. The Labute approximate surface area is 175 Å². The molecule has 2 aromatic carbocycles. The summed E-state index contributed by atoms with van der Waals surface area (Å²) in [6.45, 7) is 2.42. The van der Waals surface area contributed by atoms with Crippen molar-refractivity contribution in [2.45, 2.75) is 13.5 Å². The Hall–Kier alpha value is -4.06. The smallest absolute Gasteiger partial charge is 0.270 e. The van der Waals surface area contributed by atoms with Gasteiger partial charge in [-0.1, -0.05) is 42.5 Å². The number of rotatable bonds is 6. The van der Waals surface area contributed by atoms with Gasteiger partial charge in [-0.05, 0) is 42.3 Å². The molecule has 148 valence electrons. The summed E-state index contributed by atoms with van der Waals surface area (Å²) in [6.07, 6.45) is 3.40. The van der Waals surface area contributed by atoms with Crippen molar-refractivity contribution in [2.24, 2.45) is 0 Å². The van der Waals surface area contributed by atoms with E-state index >= 15 is 0 Å². The van der Waals surface area contributed by atoms with E-state index in [1.54, 1.807) is 18.5 Å². The molecule has 0 atom stereocenters. The summed E-state index contributed by atoms with van der Waals surface area (Å²) in [6, 6.07) is 23.0. The molecule has 0 bridgehead atoms. The fourth-order valence-electron chi connectivity index (χ4n) is 2.99. The first kappa shape index (κ1) is 19.3. The van der Waals surface area contributed by atoms with Crippen LogP contribution in [0.4, 0.5) is 11.5 Å². The first-order valence-corrected chi connectivity index (χ1v) is 9.63. The van der Waals surface area contributed by atoms with Crippen molar-refractivity contribution < 1.29 is 4.79 Å². The Morgan fingerprint density at radius 3 is 2.47 bits per heavy atom. The second-order valence-corrected chi connectivity index (χ2v) is 6.86. The van der Waals surface area contributed by atoms with Gasteiger partial charge in [0.15, 0.2) is 5.82 Å². The number of nitrogens with zero attached hydrogens (tertiary/aromatic N) is 3. The van der Waals surface area contributed by atoms with Gasteiger partial charge >= 0.3 is 0 Å². The molecular weight excluding hydrogens is 374 g/mol. The fraction of sp³-hybridized carbons (Fsp3) is 0.0833. The van der Waals surface area contributed by atoms with Crippen LogP contribution in [0.2, 0.25) is 0 Å². The highest BCUT2D eigenvalue weighted by atomic mass is 16.1. The summed E-state index contributed by atoms with van der Waals surface area (Å²) in [5, 5.41) is 6.19. The minimum atomic E-state index is -0.265. The van der Waals surface area contributed by atoms with Crippen LogP contribution in [0.15, 0.2) is 85.2 Å². The maximum atomic E-state index is 12.8. The molecule has 0 saturated carbocycles. The Bertz CT molecular complexity index is 1150. The lowest BCUT2D eigenvalue weighted by atomic mass is 10.2. The van der Waals surface area contributed by atoms with E-state index < -0.39 is 0 Å². The monoisotopic (exact) mass is 395 g/mol. The van der Waals surface area contributed by atoms with Crippen LogP contribution in [0.25, 0.3) is 11.4 Å². The number of hydrogen-bond donors (Lipinski definition) is 2. The molecule has 30 heavy (non-hydrogen) atoms. The van der Waals surface area contributed by atoms with Gasteiger partial charge in [0.25, 0.3) is 5.91 Å². The third kappa shape index (κ3) is 4.86. The van der Waals surface area contributed by atoms with Crippen molar-refractivity contribution in [1.82, 2.24) is 20.3 Å². The molecule has 0 radical (unpaired) electrons. The Morgan fingerprint density at radius 1 is 0.900 bits per heavy atom. The van der Waals surface area contributed by atoms with Gasteiger partial charge in [-0.25, -0.2) is 9.97 Å². The van der Waals surface area contributed by atoms with Crippen molar-refractivity contribution >= 4 is 17.4 Å². The molecule has 0 spiro atoms. The van der Waals surface area contributed by atoms with Gasteiger partial charge in [0.1, 0.15) is 11.5 Å². The highest BCUT2D eigenvalue weighted by molar-refractivity contribution is 5.93. The zero-order chi connectivity index (χ0) is 20.8. The van der Waals surface area contributed by atoms with Crippen molar-refractivity contribution in [3.63, 3.8) is 0 Å². The van der Waals surface area contributed by atoms with Crippen LogP contribution in [0.3, 0.4) is 0 Å². The molecule has 4 rings (SSSR count). The molecule has 1 amide bonds. The second-order valence-electron chi connectivity index (χ2n) is 6.86. The predicted octanol–water partition coefficient (Wildman–Crippen LogP) is 4.52. The number of benzene rings is 2. The first-order valence-electron chi connectivity index (χ1n) is 9.63. The van der Waals surface area contributed by atoms with Crippen molar-refractivity contribution in [2.75, 3.05) is 5.32 Å². The van der Waals surface area contributed by atoms with E-state index in [9.17, 15) is 4.79 Å². The van der Waals surface area contributed by atoms with Gasteiger partial charge < -0.3 is 10.6 Å². The van der Waals surface area contributed by atoms with Gasteiger partial charge in [0.05, 0.1) is 0 Å². The number of nitrogens with one attached hydrogen (secondary N) is 2. The lowest BCUT2D eigenvalue weighted by molar-refractivity contribution is 0.0946. The van der Waals surface area contributed by atoms with E-state index in [-0.39, 0.29) is 5.91 Å². The minimum absolute atomic E-state index is 0.265. The average Bonchev–Trinajstić information content (AvgIpc) is 2.78. The molecule has 4 aromatic rings. The zero-order valence-electron chi connectivity index (χ0n) is 16.5. The molecule has 0 fully saturated rings. The average molecular weight is 395 g/mol. The van der Waals surface area contributed by atoms with Crippen LogP contribution in [0.5, 0.6) is 0 Å². The number of anilines is 2. The molecule has 0 aliphatic heterocycles. The summed E-state index contributed by atoms with van der Waals surface area (Å²) in [5.41, 5.74) is 4.14. The number of carbonyl (C=O) groups excluding carboxylic acids is 1. The minimum Gasteiger partial charge on any atom is -0.347 e. The van der Waals surface area contributed by atoms with Gasteiger partial charge in [0.2, 0.25) is 0 Å². The van der Waals surface area contributed by atoms with Crippen LogP contribution < -0.4 is 10.6 Å². The van der Waals surface area contributed by atoms with E-state index in [0.29, 0.717) is 23.9 Å². The number of amides is 1. The number of pyridine rings is 1. The number of hydrogen-bond acceptors (Lipinski definition) is 5. The third-order valence-corrected chi connectivity index (χ3v) is 4.48. The van der Waals surface area contributed by atoms with E-state index in [1.165, 1.54) is 0 Å². The van der Waals surface area contributed by atoms with Crippen LogP contribution in [-0.4, -0.2) is 20.9 Å². The molecule has 0 aliphatic rings. The number of carbonyl (C=O) groups is 1. The maximum Gasteiger partial charge on any atom is 0.270 e. The molecule has 6 nitrogen and oxygen atoms in total. The molecule has 2 aromatic heterocycles. The summed E-state index contributed by atoms with van der Waals surface area (Å²) in [7, 11) is 0.